The molecule has 186 valence electrons. The van der Waals surface area contributed by atoms with Crippen LogP contribution in [0.4, 0.5) is 0 Å². The van der Waals surface area contributed by atoms with Crippen LogP contribution in [0, 0.1) is 0 Å². The SMILES string of the molecule is CCCOc1ccc([C@H]2/C(=C(\O)c3ccc(OC)cc3)C(=O)C(=O)N2CCN2CCOCC2)cc1. The van der Waals surface area contributed by atoms with Gasteiger partial charge < -0.3 is 24.2 Å². The van der Waals surface area contributed by atoms with E-state index in [9.17, 15) is 14.7 Å². The highest BCUT2D eigenvalue weighted by Gasteiger charge is 2.46. The van der Waals surface area contributed by atoms with E-state index in [4.69, 9.17) is 14.2 Å². The number of nitrogens with zero attached hydrogens (tertiary/aromatic N) is 2. The van der Waals surface area contributed by atoms with Crippen LogP contribution in [0.5, 0.6) is 11.5 Å². The molecule has 2 saturated heterocycles. The zero-order valence-corrected chi connectivity index (χ0v) is 20.2. The van der Waals surface area contributed by atoms with Crippen LogP contribution in [0.2, 0.25) is 0 Å². The predicted octanol–water partition coefficient (Wildman–Crippen LogP) is 3.24. The molecule has 8 heteroatoms. The van der Waals surface area contributed by atoms with E-state index < -0.39 is 17.7 Å². The second-order valence-electron chi connectivity index (χ2n) is 8.59. The van der Waals surface area contributed by atoms with Crippen molar-refractivity contribution in [3.63, 3.8) is 0 Å². The molecule has 2 fully saturated rings. The van der Waals surface area contributed by atoms with E-state index >= 15 is 0 Å². The third-order valence-corrected chi connectivity index (χ3v) is 6.33. The zero-order chi connectivity index (χ0) is 24.8. The number of hydrogen-bond donors (Lipinski definition) is 1. The van der Waals surface area contributed by atoms with E-state index in [0.717, 1.165) is 30.8 Å². The molecule has 0 radical (unpaired) electrons. The van der Waals surface area contributed by atoms with Crippen LogP contribution in [-0.2, 0) is 14.3 Å². The van der Waals surface area contributed by atoms with Crippen molar-refractivity contribution in [2.24, 2.45) is 0 Å². The van der Waals surface area contributed by atoms with Crippen LogP contribution in [-0.4, -0.2) is 79.7 Å². The van der Waals surface area contributed by atoms with Crippen LogP contribution in [0.25, 0.3) is 5.76 Å². The molecule has 0 bridgehead atoms. The maximum absolute atomic E-state index is 13.2. The lowest BCUT2D eigenvalue weighted by Gasteiger charge is -2.31. The normalized spacial score (nSPS) is 20.3. The van der Waals surface area contributed by atoms with Gasteiger partial charge in [0.15, 0.2) is 0 Å². The Balaban J connectivity index is 1.69. The molecule has 4 rings (SSSR count). The van der Waals surface area contributed by atoms with Crippen LogP contribution in [0.15, 0.2) is 54.1 Å². The Kier molecular flexibility index (Phi) is 8.05. The monoisotopic (exact) mass is 480 g/mol. The number of rotatable bonds is 9. The highest BCUT2D eigenvalue weighted by molar-refractivity contribution is 6.46. The number of benzene rings is 2. The lowest BCUT2D eigenvalue weighted by molar-refractivity contribution is -0.140. The molecular weight excluding hydrogens is 448 g/mol. The Morgan fingerprint density at radius 1 is 1.00 bits per heavy atom. The molecule has 2 aromatic carbocycles. The standard InChI is InChI=1S/C27H32N2O6/c1-3-16-35-22-10-4-19(5-11-22)24-23(25(30)20-6-8-21(33-2)9-7-20)26(31)27(32)29(24)13-12-28-14-17-34-18-15-28/h4-11,24,30H,3,12-18H2,1-2H3/b25-23+/t24-/m0/s1. The van der Waals surface area contributed by atoms with Gasteiger partial charge in [-0.2, -0.15) is 0 Å². The number of carbonyl (C=O) groups excluding carboxylic acids is 2. The van der Waals surface area contributed by atoms with Gasteiger partial charge in [0, 0.05) is 31.7 Å². The minimum atomic E-state index is -0.696. The van der Waals surface area contributed by atoms with Gasteiger partial charge in [-0.25, -0.2) is 0 Å². The largest absolute Gasteiger partial charge is 0.507 e. The van der Waals surface area contributed by atoms with Gasteiger partial charge in [0.05, 0.1) is 38.5 Å². The second kappa shape index (κ2) is 11.4. The van der Waals surface area contributed by atoms with E-state index in [1.54, 1.807) is 36.3 Å². The van der Waals surface area contributed by atoms with Crippen molar-refractivity contribution in [3.05, 3.63) is 65.2 Å². The van der Waals surface area contributed by atoms with Crippen molar-refractivity contribution in [3.8, 4) is 11.5 Å². The highest BCUT2D eigenvalue weighted by Crippen LogP contribution is 2.40. The Bertz CT molecular complexity index is 1060. The molecule has 0 aliphatic carbocycles. The quantitative estimate of drug-likeness (QED) is 0.335. The number of methoxy groups -OCH3 is 1. The van der Waals surface area contributed by atoms with Gasteiger partial charge in [-0.1, -0.05) is 19.1 Å². The second-order valence-corrected chi connectivity index (χ2v) is 8.59. The van der Waals surface area contributed by atoms with E-state index in [2.05, 4.69) is 4.90 Å². The Morgan fingerprint density at radius 2 is 1.66 bits per heavy atom. The lowest BCUT2D eigenvalue weighted by atomic mass is 9.95. The summed E-state index contributed by atoms with van der Waals surface area (Å²) < 4.78 is 16.3. The van der Waals surface area contributed by atoms with Crippen LogP contribution in [0.1, 0.15) is 30.5 Å². The number of morpholine rings is 1. The molecule has 0 aromatic heterocycles. The summed E-state index contributed by atoms with van der Waals surface area (Å²) in [7, 11) is 1.56. The summed E-state index contributed by atoms with van der Waals surface area (Å²) in [6, 6.07) is 13.4. The van der Waals surface area contributed by atoms with E-state index in [1.807, 2.05) is 31.2 Å². The third-order valence-electron chi connectivity index (χ3n) is 6.33. The van der Waals surface area contributed by atoms with Crippen molar-refractivity contribution in [2.75, 3.05) is 53.1 Å². The summed E-state index contributed by atoms with van der Waals surface area (Å²) in [5.41, 5.74) is 1.28. The fourth-order valence-corrected chi connectivity index (χ4v) is 4.40. The predicted molar refractivity (Wildman–Crippen MR) is 131 cm³/mol. The zero-order valence-electron chi connectivity index (χ0n) is 20.2. The number of amides is 1. The molecule has 35 heavy (non-hydrogen) atoms. The average Bonchev–Trinajstić information content (AvgIpc) is 3.16. The van der Waals surface area contributed by atoms with Gasteiger partial charge in [0.25, 0.3) is 11.7 Å². The molecule has 1 atom stereocenters. The molecule has 0 spiro atoms. The maximum atomic E-state index is 13.2. The average molecular weight is 481 g/mol. The van der Waals surface area contributed by atoms with Crippen molar-refractivity contribution in [1.29, 1.82) is 0 Å². The molecule has 0 unspecified atom stereocenters. The van der Waals surface area contributed by atoms with Gasteiger partial charge in [-0.05, 0) is 48.4 Å². The van der Waals surface area contributed by atoms with Crippen molar-refractivity contribution >= 4 is 17.4 Å². The summed E-state index contributed by atoms with van der Waals surface area (Å²) in [5.74, 6) is -0.139. The first-order valence-corrected chi connectivity index (χ1v) is 12.0. The molecule has 2 aromatic rings. The number of aliphatic hydroxyl groups is 1. The number of aliphatic hydroxyl groups excluding tert-OH is 1. The van der Waals surface area contributed by atoms with E-state index in [-0.39, 0.29) is 11.3 Å². The number of hydrogen-bond acceptors (Lipinski definition) is 7. The number of likely N-dealkylation sites (tertiary alicyclic amines) is 1. The molecular formula is C27H32N2O6. The van der Waals surface area contributed by atoms with E-state index in [0.29, 0.717) is 44.2 Å². The molecule has 2 heterocycles. The minimum absolute atomic E-state index is 0.0874. The first kappa shape index (κ1) is 24.8. The lowest BCUT2D eigenvalue weighted by Crippen LogP contribution is -2.42. The Morgan fingerprint density at radius 3 is 2.29 bits per heavy atom. The number of carbonyl (C=O) groups is 2. The summed E-state index contributed by atoms with van der Waals surface area (Å²) >= 11 is 0. The van der Waals surface area contributed by atoms with Crippen LogP contribution >= 0.6 is 0 Å². The molecule has 1 N–H and O–H groups in total. The fraction of sp³-hybridized carbons (Fsp3) is 0.407. The molecule has 0 saturated carbocycles. The van der Waals surface area contributed by atoms with Crippen molar-refractivity contribution < 1.29 is 28.9 Å². The van der Waals surface area contributed by atoms with Crippen LogP contribution < -0.4 is 9.47 Å². The summed E-state index contributed by atoms with van der Waals surface area (Å²) in [6.07, 6.45) is 0.894. The fourth-order valence-electron chi connectivity index (χ4n) is 4.40. The summed E-state index contributed by atoms with van der Waals surface area (Å²) in [4.78, 5) is 30.1. The molecule has 1 amide bonds. The smallest absolute Gasteiger partial charge is 0.295 e. The van der Waals surface area contributed by atoms with Crippen molar-refractivity contribution in [1.82, 2.24) is 9.80 Å². The number of ether oxygens (including phenoxy) is 3. The third kappa shape index (κ3) is 5.49. The topological polar surface area (TPSA) is 88.5 Å². The maximum Gasteiger partial charge on any atom is 0.295 e. The van der Waals surface area contributed by atoms with Gasteiger partial charge in [0.2, 0.25) is 0 Å². The van der Waals surface area contributed by atoms with Crippen molar-refractivity contribution in [2.45, 2.75) is 19.4 Å². The minimum Gasteiger partial charge on any atom is -0.507 e. The molecule has 8 nitrogen and oxygen atoms in total. The van der Waals surface area contributed by atoms with Gasteiger partial charge >= 0.3 is 0 Å². The molecule has 2 aliphatic heterocycles. The number of ketones is 1. The van der Waals surface area contributed by atoms with Gasteiger partial charge in [-0.3, -0.25) is 14.5 Å². The number of Topliss-reactive ketones (excluding diaryl/α,β-unsaturated/α-hetero) is 1. The van der Waals surface area contributed by atoms with Crippen LogP contribution in [0.3, 0.4) is 0 Å². The summed E-state index contributed by atoms with van der Waals surface area (Å²) in [5, 5.41) is 11.2. The first-order valence-electron chi connectivity index (χ1n) is 12.0. The molecule has 2 aliphatic rings. The Hall–Kier alpha value is -3.36. The Labute approximate surface area is 205 Å². The summed E-state index contributed by atoms with van der Waals surface area (Å²) in [6.45, 7) is 6.49. The highest BCUT2D eigenvalue weighted by atomic mass is 16.5. The van der Waals surface area contributed by atoms with Gasteiger partial charge in [-0.15, -0.1) is 0 Å². The first-order chi connectivity index (χ1) is 17.0. The van der Waals surface area contributed by atoms with Gasteiger partial charge in [0.1, 0.15) is 17.3 Å². The van der Waals surface area contributed by atoms with E-state index in [1.165, 1.54) is 0 Å².